The Bertz CT molecular complexity index is 1420. The maximum Gasteiger partial charge on any atom is 0.244 e. The summed E-state index contributed by atoms with van der Waals surface area (Å²) in [7, 11) is -2.37. The Labute approximate surface area is 238 Å². The van der Waals surface area contributed by atoms with E-state index in [0.29, 0.717) is 11.4 Å². The van der Waals surface area contributed by atoms with Crippen LogP contribution in [0.3, 0.4) is 0 Å². The van der Waals surface area contributed by atoms with Crippen molar-refractivity contribution >= 4 is 27.5 Å². The lowest BCUT2D eigenvalue weighted by Crippen LogP contribution is -2.56. The molecular formula is C31H39N3O5S. The number of anilines is 1. The first-order valence-electron chi connectivity index (χ1n) is 13.1. The molecule has 0 radical (unpaired) electrons. The van der Waals surface area contributed by atoms with Crippen LogP contribution in [0.4, 0.5) is 5.69 Å². The van der Waals surface area contributed by atoms with Crippen LogP contribution < -0.4 is 14.4 Å². The van der Waals surface area contributed by atoms with E-state index in [1.807, 2.05) is 82.3 Å². The summed E-state index contributed by atoms with van der Waals surface area (Å²) in [4.78, 5) is 29.4. The van der Waals surface area contributed by atoms with E-state index in [2.05, 4.69) is 5.32 Å². The highest BCUT2D eigenvalue weighted by Crippen LogP contribution is 2.24. The highest BCUT2D eigenvalue weighted by atomic mass is 32.2. The number of methoxy groups -OCH3 is 1. The van der Waals surface area contributed by atoms with Gasteiger partial charge < -0.3 is 15.0 Å². The molecule has 8 nitrogen and oxygen atoms in total. The predicted molar refractivity (Wildman–Crippen MR) is 159 cm³/mol. The van der Waals surface area contributed by atoms with E-state index in [0.717, 1.165) is 27.3 Å². The van der Waals surface area contributed by atoms with Crippen LogP contribution in [0.15, 0.2) is 78.9 Å². The van der Waals surface area contributed by atoms with Crippen LogP contribution in [0, 0.1) is 6.92 Å². The van der Waals surface area contributed by atoms with Crippen molar-refractivity contribution < 1.29 is 22.7 Å². The Hall–Kier alpha value is -3.85. The summed E-state index contributed by atoms with van der Waals surface area (Å²) < 4.78 is 32.2. The van der Waals surface area contributed by atoms with Gasteiger partial charge in [-0.1, -0.05) is 60.7 Å². The molecule has 1 unspecified atom stereocenters. The van der Waals surface area contributed by atoms with Gasteiger partial charge in [0.15, 0.2) is 0 Å². The van der Waals surface area contributed by atoms with Crippen molar-refractivity contribution in [2.45, 2.75) is 52.2 Å². The molecule has 0 saturated carbocycles. The van der Waals surface area contributed by atoms with Crippen molar-refractivity contribution in [1.82, 2.24) is 10.2 Å². The number of ether oxygens (including phenoxy) is 1. The standard InChI is InChI=1S/C31H39N3O5S/c1-23-13-10-11-16-25(23)21-33(28(30(36)32-31(2,3)4)19-24-14-8-7-9-15-24)29(35)22-34(40(6,37)38)26-17-12-18-27(20-26)39-5/h7-18,20,28H,19,21-22H2,1-6H3,(H,32,36). The lowest BCUT2D eigenvalue weighted by Gasteiger charge is -2.35. The van der Waals surface area contributed by atoms with Gasteiger partial charge in [0.25, 0.3) is 0 Å². The van der Waals surface area contributed by atoms with Crippen molar-refractivity contribution in [3.63, 3.8) is 0 Å². The third kappa shape index (κ3) is 8.58. The number of aryl methyl sites for hydroxylation is 1. The van der Waals surface area contributed by atoms with Gasteiger partial charge >= 0.3 is 0 Å². The molecule has 0 aliphatic carbocycles. The second-order valence-electron chi connectivity index (χ2n) is 10.9. The Morgan fingerprint density at radius 2 is 1.60 bits per heavy atom. The average molecular weight is 566 g/mol. The topological polar surface area (TPSA) is 96.0 Å². The molecule has 0 spiro atoms. The maximum atomic E-state index is 14.2. The lowest BCUT2D eigenvalue weighted by molar-refractivity contribution is -0.140. The number of sulfonamides is 1. The molecule has 0 aromatic heterocycles. The third-order valence-corrected chi connectivity index (χ3v) is 7.53. The number of hydrogen-bond acceptors (Lipinski definition) is 5. The Kier molecular flexibility index (Phi) is 9.98. The fourth-order valence-electron chi connectivity index (χ4n) is 4.36. The molecule has 40 heavy (non-hydrogen) atoms. The number of carbonyl (C=O) groups excluding carboxylic acids is 2. The molecule has 0 fully saturated rings. The molecule has 0 heterocycles. The Morgan fingerprint density at radius 1 is 0.950 bits per heavy atom. The van der Waals surface area contributed by atoms with Gasteiger partial charge in [-0.25, -0.2) is 8.42 Å². The van der Waals surface area contributed by atoms with Gasteiger partial charge in [-0.15, -0.1) is 0 Å². The van der Waals surface area contributed by atoms with Crippen LogP contribution in [0.25, 0.3) is 0 Å². The quantitative estimate of drug-likeness (QED) is 0.374. The minimum absolute atomic E-state index is 0.135. The van der Waals surface area contributed by atoms with E-state index in [1.54, 1.807) is 24.3 Å². The highest BCUT2D eigenvalue weighted by molar-refractivity contribution is 7.92. The summed E-state index contributed by atoms with van der Waals surface area (Å²) in [5, 5.41) is 3.02. The number of hydrogen-bond donors (Lipinski definition) is 1. The zero-order valence-electron chi connectivity index (χ0n) is 24.0. The SMILES string of the molecule is COc1cccc(N(CC(=O)N(Cc2ccccc2C)C(Cc2ccccc2)C(=O)NC(C)(C)C)S(C)(=O)=O)c1. The zero-order valence-corrected chi connectivity index (χ0v) is 24.9. The van der Waals surface area contributed by atoms with E-state index in [4.69, 9.17) is 4.74 Å². The third-order valence-electron chi connectivity index (χ3n) is 6.39. The molecule has 9 heteroatoms. The summed E-state index contributed by atoms with van der Waals surface area (Å²) in [6.07, 6.45) is 1.32. The van der Waals surface area contributed by atoms with Gasteiger partial charge in [0, 0.05) is 24.6 Å². The largest absolute Gasteiger partial charge is 0.497 e. The van der Waals surface area contributed by atoms with E-state index in [-0.39, 0.29) is 18.9 Å². The molecule has 1 N–H and O–H groups in total. The van der Waals surface area contributed by atoms with Crippen LogP contribution in [-0.4, -0.2) is 56.6 Å². The molecule has 0 aliphatic heterocycles. The second-order valence-corrected chi connectivity index (χ2v) is 12.8. The number of amides is 2. The molecule has 3 aromatic carbocycles. The van der Waals surface area contributed by atoms with Gasteiger partial charge in [-0.05, 0) is 56.5 Å². The van der Waals surface area contributed by atoms with Gasteiger partial charge in [-0.3, -0.25) is 13.9 Å². The summed E-state index contributed by atoms with van der Waals surface area (Å²) in [5.41, 5.74) is 2.47. The molecule has 0 saturated heterocycles. The fraction of sp³-hybridized carbons (Fsp3) is 0.355. The predicted octanol–water partition coefficient (Wildman–Crippen LogP) is 4.32. The molecule has 3 aromatic rings. The van der Waals surface area contributed by atoms with Crippen molar-refractivity contribution in [3.8, 4) is 5.75 Å². The number of rotatable bonds is 11. The van der Waals surface area contributed by atoms with E-state index >= 15 is 0 Å². The number of nitrogens with one attached hydrogen (secondary N) is 1. The van der Waals surface area contributed by atoms with Crippen LogP contribution in [0.1, 0.15) is 37.5 Å². The number of nitrogens with zero attached hydrogens (tertiary/aromatic N) is 2. The van der Waals surface area contributed by atoms with Crippen molar-refractivity contribution in [1.29, 1.82) is 0 Å². The van der Waals surface area contributed by atoms with Gasteiger partial charge in [0.1, 0.15) is 18.3 Å². The summed E-state index contributed by atoms with van der Waals surface area (Å²) in [5.74, 6) is -0.353. The Balaban J connectivity index is 2.09. The van der Waals surface area contributed by atoms with Crippen molar-refractivity contribution in [3.05, 3.63) is 95.6 Å². The summed E-state index contributed by atoms with van der Waals surface area (Å²) in [6, 6.07) is 22.8. The lowest BCUT2D eigenvalue weighted by atomic mass is 10.00. The van der Waals surface area contributed by atoms with Crippen LogP contribution in [-0.2, 0) is 32.6 Å². The highest BCUT2D eigenvalue weighted by Gasteiger charge is 2.34. The van der Waals surface area contributed by atoms with Gasteiger partial charge in [-0.2, -0.15) is 0 Å². The Morgan fingerprint density at radius 3 is 2.20 bits per heavy atom. The first-order chi connectivity index (χ1) is 18.8. The normalized spacial score (nSPS) is 12.3. The smallest absolute Gasteiger partial charge is 0.244 e. The molecule has 3 rings (SSSR count). The summed E-state index contributed by atoms with van der Waals surface area (Å²) in [6.45, 7) is 7.24. The van der Waals surface area contributed by atoms with Crippen LogP contribution >= 0.6 is 0 Å². The minimum atomic E-state index is -3.86. The molecular weight excluding hydrogens is 526 g/mol. The molecule has 0 bridgehead atoms. The van der Waals surface area contributed by atoms with Crippen molar-refractivity contribution in [2.75, 3.05) is 24.2 Å². The fourth-order valence-corrected chi connectivity index (χ4v) is 5.20. The minimum Gasteiger partial charge on any atom is -0.497 e. The zero-order chi connectivity index (χ0) is 29.5. The van der Waals surface area contributed by atoms with Crippen molar-refractivity contribution in [2.24, 2.45) is 0 Å². The molecule has 214 valence electrons. The second kappa shape index (κ2) is 13.0. The first-order valence-corrected chi connectivity index (χ1v) is 14.9. The molecule has 1 atom stereocenters. The summed E-state index contributed by atoms with van der Waals surface area (Å²) >= 11 is 0. The van der Waals surface area contributed by atoms with E-state index < -0.39 is 34.1 Å². The monoisotopic (exact) mass is 565 g/mol. The van der Waals surface area contributed by atoms with Crippen LogP contribution in [0.5, 0.6) is 5.75 Å². The first kappa shape index (κ1) is 30.7. The number of carbonyl (C=O) groups is 2. The van der Waals surface area contributed by atoms with Gasteiger partial charge in [0.05, 0.1) is 19.1 Å². The maximum absolute atomic E-state index is 14.2. The molecule has 2 amide bonds. The van der Waals surface area contributed by atoms with Gasteiger partial charge in [0.2, 0.25) is 21.8 Å². The average Bonchev–Trinajstić information content (AvgIpc) is 2.89. The van der Waals surface area contributed by atoms with E-state index in [1.165, 1.54) is 12.0 Å². The van der Waals surface area contributed by atoms with E-state index in [9.17, 15) is 18.0 Å². The molecule has 0 aliphatic rings. The van der Waals surface area contributed by atoms with Crippen LogP contribution in [0.2, 0.25) is 0 Å². The number of benzene rings is 3.